The molecule has 4 nitrogen and oxygen atoms in total. The van der Waals surface area contributed by atoms with Gasteiger partial charge in [0.05, 0.1) is 6.61 Å². The molecule has 0 atom stereocenters. The van der Waals surface area contributed by atoms with Crippen molar-refractivity contribution in [1.29, 1.82) is 0 Å². The van der Waals surface area contributed by atoms with E-state index < -0.39 is 0 Å². The Kier molecular flexibility index (Phi) is 4.74. The zero-order chi connectivity index (χ0) is 16.1. The van der Waals surface area contributed by atoms with Gasteiger partial charge in [-0.05, 0) is 36.7 Å². The Balaban J connectivity index is 1.63. The van der Waals surface area contributed by atoms with Gasteiger partial charge in [0.2, 0.25) is 0 Å². The first kappa shape index (κ1) is 15.3. The van der Waals surface area contributed by atoms with Crippen LogP contribution in [0.4, 0.5) is 0 Å². The highest BCUT2D eigenvalue weighted by molar-refractivity contribution is 5.96. The summed E-state index contributed by atoms with van der Waals surface area (Å²) in [5, 5.41) is 1.13. The summed E-state index contributed by atoms with van der Waals surface area (Å²) in [6.07, 6.45) is 3.18. The lowest BCUT2D eigenvalue weighted by molar-refractivity contribution is 0.0962. The first-order valence-electron chi connectivity index (χ1n) is 7.79. The molecular weight excluding hydrogens is 288 g/mol. The SMILES string of the molecule is NCCc1c[nH]c2ccc(OCCC(=O)c3ccccc3)cc12. The largest absolute Gasteiger partial charge is 0.493 e. The third-order valence-corrected chi connectivity index (χ3v) is 3.85. The van der Waals surface area contributed by atoms with Crippen molar-refractivity contribution in [1.82, 2.24) is 4.98 Å². The summed E-state index contributed by atoms with van der Waals surface area (Å²) in [7, 11) is 0. The molecule has 23 heavy (non-hydrogen) atoms. The summed E-state index contributed by atoms with van der Waals surface area (Å²) in [5.74, 6) is 0.869. The van der Waals surface area contributed by atoms with Gasteiger partial charge < -0.3 is 15.5 Å². The van der Waals surface area contributed by atoms with Crippen molar-refractivity contribution in [2.75, 3.05) is 13.2 Å². The Morgan fingerprint density at radius 2 is 1.96 bits per heavy atom. The van der Waals surface area contributed by atoms with E-state index in [1.807, 2.05) is 54.7 Å². The van der Waals surface area contributed by atoms with E-state index in [4.69, 9.17) is 10.5 Å². The molecule has 0 aliphatic rings. The van der Waals surface area contributed by atoms with E-state index in [2.05, 4.69) is 4.98 Å². The van der Waals surface area contributed by atoms with Gasteiger partial charge in [-0.25, -0.2) is 0 Å². The number of hydrogen-bond acceptors (Lipinski definition) is 3. The molecule has 0 aliphatic heterocycles. The molecule has 0 saturated heterocycles. The Morgan fingerprint density at radius 3 is 2.74 bits per heavy atom. The number of Topliss-reactive ketones (excluding diaryl/α,β-unsaturated/α-hetero) is 1. The van der Waals surface area contributed by atoms with Crippen LogP contribution in [0, 0.1) is 0 Å². The van der Waals surface area contributed by atoms with Gasteiger partial charge in [-0.2, -0.15) is 0 Å². The highest BCUT2D eigenvalue weighted by atomic mass is 16.5. The van der Waals surface area contributed by atoms with E-state index in [1.54, 1.807) is 0 Å². The van der Waals surface area contributed by atoms with E-state index in [0.29, 0.717) is 19.6 Å². The first-order valence-corrected chi connectivity index (χ1v) is 7.79. The van der Waals surface area contributed by atoms with Crippen LogP contribution in [-0.2, 0) is 6.42 Å². The van der Waals surface area contributed by atoms with Gasteiger partial charge in [0, 0.05) is 29.1 Å². The number of benzene rings is 2. The van der Waals surface area contributed by atoms with Gasteiger partial charge in [-0.15, -0.1) is 0 Å². The third kappa shape index (κ3) is 3.60. The molecule has 118 valence electrons. The van der Waals surface area contributed by atoms with Crippen molar-refractivity contribution in [2.24, 2.45) is 5.73 Å². The van der Waals surface area contributed by atoms with E-state index in [1.165, 1.54) is 5.56 Å². The van der Waals surface area contributed by atoms with Crippen molar-refractivity contribution in [2.45, 2.75) is 12.8 Å². The number of ether oxygens (including phenoxy) is 1. The van der Waals surface area contributed by atoms with Gasteiger partial charge in [0.15, 0.2) is 5.78 Å². The number of rotatable bonds is 7. The maximum Gasteiger partial charge on any atom is 0.166 e. The number of carbonyl (C=O) groups is 1. The first-order chi connectivity index (χ1) is 11.3. The molecule has 0 saturated carbocycles. The topological polar surface area (TPSA) is 68.1 Å². The zero-order valence-corrected chi connectivity index (χ0v) is 12.9. The van der Waals surface area contributed by atoms with Gasteiger partial charge in [-0.3, -0.25) is 4.79 Å². The summed E-state index contributed by atoms with van der Waals surface area (Å²) in [6.45, 7) is 0.986. The molecule has 0 bridgehead atoms. The molecule has 0 aliphatic carbocycles. The van der Waals surface area contributed by atoms with Crippen LogP contribution >= 0.6 is 0 Å². The number of nitrogens with one attached hydrogen (secondary N) is 1. The summed E-state index contributed by atoms with van der Waals surface area (Å²) in [6, 6.07) is 15.2. The van der Waals surface area contributed by atoms with Crippen LogP contribution in [-0.4, -0.2) is 23.9 Å². The van der Waals surface area contributed by atoms with Crippen molar-refractivity contribution >= 4 is 16.7 Å². The summed E-state index contributed by atoms with van der Waals surface area (Å²) in [5.41, 5.74) is 8.62. The lowest BCUT2D eigenvalue weighted by atomic mass is 10.1. The number of ketones is 1. The van der Waals surface area contributed by atoms with Gasteiger partial charge in [0.1, 0.15) is 5.75 Å². The number of fused-ring (bicyclic) bond motifs is 1. The molecule has 0 spiro atoms. The summed E-state index contributed by atoms with van der Waals surface area (Å²) < 4.78 is 5.74. The molecule has 0 radical (unpaired) electrons. The second-order valence-electron chi connectivity index (χ2n) is 5.45. The molecule has 3 N–H and O–H groups in total. The Labute approximate surface area is 135 Å². The number of H-pyrrole nitrogens is 1. The van der Waals surface area contributed by atoms with Crippen molar-refractivity contribution in [3.8, 4) is 5.75 Å². The fourth-order valence-electron chi connectivity index (χ4n) is 2.64. The van der Waals surface area contributed by atoms with Gasteiger partial charge in [0.25, 0.3) is 0 Å². The fraction of sp³-hybridized carbons (Fsp3) is 0.211. The lowest BCUT2D eigenvalue weighted by Gasteiger charge is -2.07. The average Bonchev–Trinajstić information content (AvgIpc) is 2.98. The third-order valence-electron chi connectivity index (χ3n) is 3.85. The predicted octanol–water partition coefficient (Wildman–Crippen LogP) is 3.32. The standard InChI is InChI=1S/C19H20N2O2/c20-10-8-15-13-21-18-7-6-16(12-17(15)18)23-11-9-19(22)14-4-2-1-3-5-14/h1-7,12-13,21H,8-11,20H2. The number of aromatic amines is 1. The Hall–Kier alpha value is -2.59. The number of nitrogens with two attached hydrogens (primary N) is 1. The zero-order valence-electron chi connectivity index (χ0n) is 12.9. The van der Waals surface area contributed by atoms with Crippen LogP contribution in [0.2, 0.25) is 0 Å². The van der Waals surface area contributed by atoms with Gasteiger partial charge in [-0.1, -0.05) is 30.3 Å². The van der Waals surface area contributed by atoms with E-state index in [9.17, 15) is 4.79 Å². The molecular formula is C19H20N2O2. The van der Waals surface area contributed by atoms with Crippen LogP contribution in [0.1, 0.15) is 22.3 Å². The van der Waals surface area contributed by atoms with Crippen molar-refractivity contribution in [3.05, 3.63) is 65.9 Å². The van der Waals surface area contributed by atoms with Crippen molar-refractivity contribution in [3.63, 3.8) is 0 Å². The molecule has 4 heteroatoms. The average molecular weight is 308 g/mol. The lowest BCUT2D eigenvalue weighted by Crippen LogP contribution is -2.06. The van der Waals surface area contributed by atoms with Crippen LogP contribution in [0.5, 0.6) is 5.75 Å². The Bertz CT molecular complexity index is 793. The molecule has 1 heterocycles. The molecule has 0 amide bonds. The van der Waals surface area contributed by atoms with Crippen molar-refractivity contribution < 1.29 is 9.53 Å². The summed E-state index contributed by atoms with van der Waals surface area (Å²) in [4.78, 5) is 15.3. The maximum absolute atomic E-state index is 12.0. The quantitative estimate of drug-likeness (QED) is 0.658. The normalized spacial score (nSPS) is 10.8. The van der Waals surface area contributed by atoms with Crippen LogP contribution in [0.3, 0.4) is 0 Å². The van der Waals surface area contributed by atoms with Gasteiger partial charge >= 0.3 is 0 Å². The maximum atomic E-state index is 12.0. The Morgan fingerprint density at radius 1 is 1.13 bits per heavy atom. The van der Waals surface area contributed by atoms with E-state index in [-0.39, 0.29) is 5.78 Å². The monoisotopic (exact) mass is 308 g/mol. The van der Waals surface area contributed by atoms with Crippen LogP contribution in [0.25, 0.3) is 10.9 Å². The second-order valence-corrected chi connectivity index (χ2v) is 5.45. The second kappa shape index (κ2) is 7.11. The minimum Gasteiger partial charge on any atom is -0.493 e. The van der Waals surface area contributed by atoms with Crippen LogP contribution in [0.15, 0.2) is 54.7 Å². The fourth-order valence-corrected chi connectivity index (χ4v) is 2.64. The minimum absolute atomic E-state index is 0.0946. The smallest absolute Gasteiger partial charge is 0.166 e. The van der Waals surface area contributed by atoms with E-state index >= 15 is 0 Å². The molecule has 3 rings (SSSR count). The number of hydrogen-bond donors (Lipinski definition) is 2. The van der Waals surface area contributed by atoms with Crippen LogP contribution < -0.4 is 10.5 Å². The molecule has 0 fully saturated rings. The number of aromatic nitrogens is 1. The molecule has 2 aromatic carbocycles. The molecule has 3 aromatic rings. The summed E-state index contributed by atoms with van der Waals surface area (Å²) >= 11 is 0. The highest BCUT2D eigenvalue weighted by Gasteiger charge is 2.07. The minimum atomic E-state index is 0.0946. The highest BCUT2D eigenvalue weighted by Crippen LogP contribution is 2.24. The molecule has 0 unspecified atom stereocenters. The molecule has 1 aromatic heterocycles. The predicted molar refractivity (Wildman–Crippen MR) is 91.9 cm³/mol. The van der Waals surface area contributed by atoms with E-state index in [0.717, 1.165) is 28.6 Å². The number of carbonyl (C=O) groups excluding carboxylic acids is 1.